The van der Waals surface area contributed by atoms with Gasteiger partial charge >= 0.3 is 12.1 Å². The molecule has 3 aromatic rings. The molecule has 0 saturated heterocycles. The van der Waals surface area contributed by atoms with Crippen LogP contribution in [0, 0.1) is 0 Å². The van der Waals surface area contributed by atoms with Crippen LogP contribution in [0.5, 0.6) is 0 Å². The van der Waals surface area contributed by atoms with E-state index >= 15 is 0 Å². The number of aromatic nitrogens is 2. The van der Waals surface area contributed by atoms with Gasteiger partial charge in [0.05, 0.1) is 20.1 Å². The molecule has 13 heteroatoms. The Morgan fingerprint density at radius 1 is 0.655 bits per heavy atom. The second kappa shape index (κ2) is 9.19. The van der Waals surface area contributed by atoms with Crippen molar-refractivity contribution >= 4 is 81.5 Å². The van der Waals surface area contributed by atoms with Crippen molar-refractivity contribution in [1.29, 1.82) is 0 Å². The van der Waals surface area contributed by atoms with E-state index in [0.717, 1.165) is 0 Å². The summed E-state index contributed by atoms with van der Waals surface area (Å²) in [5.41, 5.74) is 0.778. The van der Waals surface area contributed by atoms with Crippen LogP contribution in [0.3, 0.4) is 0 Å². The van der Waals surface area contributed by atoms with E-state index in [2.05, 4.69) is 36.2 Å². The van der Waals surface area contributed by atoms with Crippen molar-refractivity contribution in [1.82, 2.24) is 10.3 Å². The van der Waals surface area contributed by atoms with Crippen LogP contribution in [-0.4, -0.2) is 22.4 Å². The maximum Gasteiger partial charge on any atom is 0.325 e. The smallest absolute Gasteiger partial charge is 0.308 e. The zero-order valence-electron chi connectivity index (χ0n) is 14.1. The molecule has 3 rings (SSSR count). The minimum Gasteiger partial charge on any atom is -0.308 e. The Bertz CT molecular complexity index is 993. The number of amides is 4. The van der Waals surface area contributed by atoms with Gasteiger partial charge in [-0.15, -0.1) is 0 Å². The molecular formula is C16H10Cl4N6O3. The van der Waals surface area contributed by atoms with Crippen LogP contribution >= 0.6 is 46.4 Å². The van der Waals surface area contributed by atoms with E-state index in [1.54, 1.807) is 12.1 Å². The van der Waals surface area contributed by atoms with Crippen LogP contribution in [0.2, 0.25) is 20.1 Å². The lowest BCUT2D eigenvalue weighted by molar-refractivity contribution is 0.261. The molecule has 1 aromatic heterocycles. The van der Waals surface area contributed by atoms with E-state index in [-0.39, 0.29) is 21.7 Å². The maximum atomic E-state index is 12.1. The summed E-state index contributed by atoms with van der Waals surface area (Å²) in [7, 11) is 0. The van der Waals surface area contributed by atoms with Crippen LogP contribution in [0.15, 0.2) is 41.0 Å². The minimum atomic E-state index is -0.674. The number of nitrogens with one attached hydrogen (secondary N) is 4. The van der Waals surface area contributed by atoms with E-state index in [4.69, 9.17) is 46.4 Å². The number of carbonyl (C=O) groups excluding carboxylic acids is 2. The Morgan fingerprint density at radius 2 is 1.07 bits per heavy atom. The first-order valence-corrected chi connectivity index (χ1v) is 9.21. The fraction of sp³-hybridized carbons (Fsp3) is 0. The fourth-order valence-electron chi connectivity index (χ4n) is 2.04. The molecule has 0 aliphatic carbocycles. The third kappa shape index (κ3) is 5.64. The average Bonchev–Trinajstić information content (AvgIpc) is 3.07. The number of carbonyl (C=O) groups is 2. The van der Waals surface area contributed by atoms with Crippen LogP contribution in [0.25, 0.3) is 0 Å². The summed E-state index contributed by atoms with van der Waals surface area (Å²) >= 11 is 23.4. The van der Waals surface area contributed by atoms with Gasteiger partial charge in [-0.2, -0.15) is 0 Å². The van der Waals surface area contributed by atoms with Gasteiger partial charge in [0, 0.05) is 11.4 Å². The van der Waals surface area contributed by atoms with Gasteiger partial charge in [-0.3, -0.25) is 10.6 Å². The van der Waals surface area contributed by atoms with Gasteiger partial charge in [0.25, 0.3) is 0 Å². The molecule has 0 spiro atoms. The van der Waals surface area contributed by atoms with Gasteiger partial charge in [0.15, 0.2) is 0 Å². The molecule has 0 atom stereocenters. The van der Waals surface area contributed by atoms with Crippen molar-refractivity contribution in [3.63, 3.8) is 0 Å². The highest BCUT2D eigenvalue weighted by molar-refractivity contribution is 6.42. The summed E-state index contributed by atoms with van der Waals surface area (Å²) in [5, 5.41) is 18.1. The summed E-state index contributed by atoms with van der Waals surface area (Å²) < 4.78 is 4.56. The number of halogens is 4. The summed E-state index contributed by atoms with van der Waals surface area (Å²) in [4.78, 5) is 24.2. The molecule has 0 fully saturated rings. The second-order valence-electron chi connectivity index (χ2n) is 5.38. The summed E-state index contributed by atoms with van der Waals surface area (Å²) in [5.74, 6) is -0.237. The van der Waals surface area contributed by atoms with Gasteiger partial charge in [0.1, 0.15) is 0 Å². The topological polar surface area (TPSA) is 121 Å². The van der Waals surface area contributed by atoms with Gasteiger partial charge < -0.3 is 10.6 Å². The molecular weight excluding hydrogens is 466 g/mol. The Kier molecular flexibility index (Phi) is 6.65. The highest BCUT2D eigenvalue weighted by Gasteiger charge is 2.16. The first kappa shape index (κ1) is 21.0. The largest absolute Gasteiger partial charge is 0.325 e. The molecule has 29 heavy (non-hydrogen) atoms. The van der Waals surface area contributed by atoms with Gasteiger partial charge in [0.2, 0.25) is 11.6 Å². The zero-order valence-corrected chi connectivity index (χ0v) is 17.1. The van der Waals surface area contributed by atoms with Crippen molar-refractivity contribution < 1.29 is 14.2 Å². The Balaban J connectivity index is 1.60. The van der Waals surface area contributed by atoms with Crippen molar-refractivity contribution in [2.45, 2.75) is 0 Å². The molecule has 0 unspecified atom stereocenters. The highest BCUT2D eigenvalue weighted by atomic mass is 35.5. The lowest BCUT2D eigenvalue weighted by atomic mass is 10.3. The van der Waals surface area contributed by atoms with Gasteiger partial charge in [-0.05, 0) is 46.7 Å². The molecule has 0 saturated carbocycles. The Morgan fingerprint density at radius 3 is 1.45 bits per heavy atom. The molecule has 150 valence electrons. The van der Waals surface area contributed by atoms with Crippen LogP contribution in [0.4, 0.5) is 32.6 Å². The van der Waals surface area contributed by atoms with E-state index in [0.29, 0.717) is 21.4 Å². The lowest BCUT2D eigenvalue weighted by Crippen LogP contribution is -2.23. The number of benzene rings is 2. The highest BCUT2D eigenvalue weighted by Crippen LogP contribution is 2.26. The van der Waals surface area contributed by atoms with Crippen LogP contribution in [0.1, 0.15) is 0 Å². The van der Waals surface area contributed by atoms with E-state index in [1.165, 1.54) is 24.3 Å². The van der Waals surface area contributed by atoms with Crippen molar-refractivity contribution in [3.05, 3.63) is 56.5 Å². The van der Waals surface area contributed by atoms with Gasteiger partial charge in [-0.1, -0.05) is 46.4 Å². The van der Waals surface area contributed by atoms with Gasteiger partial charge in [-0.25, -0.2) is 14.2 Å². The number of nitrogens with zero attached hydrogens (tertiary/aromatic N) is 2. The first-order chi connectivity index (χ1) is 13.8. The average molecular weight is 476 g/mol. The summed E-state index contributed by atoms with van der Waals surface area (Å²) in [6.07, 6.45) is 0. The molecule has 2 aromatic carbocycles. The summed E-state index contributed by atoms with van der Waals surface area (Å²) in [6.45, 7) is 0. The second-order valence-corrected chi connectivity index (χ2v) is 7.01. The van der Waals surface area contributed by atoms with Crippen LogP contribution < -0.4 is 21.3 Å². The lowest BCUT2D eigenvalue weighted by Gasteiger charge is -2.08. The predicted octanol–water partition coefficient (Wildman–Crippen LogP) is 5.97. The molecule has 0 aliphatic rings. The van der Waals surface area contributed by atoms with Crippen molar-refractivity contribution in [3.8, 4) is 0 Å². The fourth-order valence-corrected chi connectivity index (χ4v) is 2.64. The van der Waals surface area contributed by atoms with E-state index < -0.39 is 12.1 Å². The van der Waals surface area contributed by atoms with Crippen molar-refractivity contribution in [2.75, 3.05) is 21.3 Å². The van der Waals surface area contributed by atoms with E-state index in [9.17, 15) is 9.59 Å². The SMILES string of the molecule is O=C(Nc1ccc(Cl)c(Cl)c1)Nc1nonc1NC(=O)Nc1ccc(Cl)c(Cl)c1. The molecule has 0 radical (unpaired) electrons. The Hall–Kier alpha value is -2.72. The molecule has 4 N–H and O–H groups in total. The normalized spacial score (nSPS) is 10.3. The van der Waals surface area contributed by atoms with Crippen LogP contribution in [-0.2, 0) is 0 Å². The molecule has 4 amide bonds. The summed E-state index contributed by atoms with van der Waals surface area (Å²) in [6, 6.07) is 7.74. The number of hydrogen-bond donors (Lipinski definition) is 4. The predicted molar refractivity (Wildman–Crippen MR) is 113 cm³/mol. The van der Waals surface area contributed by atoms with E-state index in [1.807, 2.05) is 0 Å². The number of urea groups is 2. The monoisotopic (exact) mass is 474 g/mol. The number of rotatable bonds is 4. The number of hydrogen-bond acceptors (Lipinski definition) is 5. The standard InChI is InChI=1S/C16H10Cl4N6O3/c17-9-3-1-7(5-11(9)19)21-15(27)23-13-14(26-29-25-13)24-16(28)22-8-2-4-10(18)12(20)6-8/h1-6H,(H2,21,23,25,27)(H2,22,24,26,28). The first-order valence-electron chi connectivity index (χ1n) is 7.70. The molecule has 0 aliphatic heterocycles. The molecule has 1 heterocycles. The Labute approximate surface area is 183 Å². The van der Waals surface area contributed by atoms with Crippen molar-refractivity contribution in [2.24, 2.45) is 0 Å². The maximum absolute atomic E-state index is 12.1. The molecule has 9 nitrogen and oxygen atoms in total. The molecule has 0 bridgehead atoms. The minimum absolute atomic E-state index is 0.119. The third-order valence-corrected chi connectivity index (χ3v) is 4.79. The third-order valence-electron chi connectivity index (χ3n) is 3.31. The zero-order chi connectivity index (χ0) is 21.0. The number of anilines is 4. The quantitative estimate of drug-likeness (QED) is 0.370.